The molecule has 0 fully saturated rings. The first-order valence-electron chi connectivity index (χ1n) is 6.91. The van der Waals surface area contributed by atoms with Gasteiger partial charge >= 0.3 is 5.97 Å². The SMILES string of the molecule is Cc1ccc2nc(-c3ccc(O)cc3)c(C)c(C(=O)O)c2c1. The number of carboxylic acids is 1. The lowest BCUT2D eigenvalue weighted by atomic mass is 9.97. The van der Waals surface area contributed by atoms with Crippen LogP contribution in [0.1, 0.15) is 21.5 Å². The van der Waals surface area contributed by atoms with E-state index in [0.717, 1.165) is 11.1 Å². The van der Waals surface area contributed by atoms with Gasteiger partial charge in [-0.25, -0.2) is 9.78 Å². The maximum absolute atomic E-state index is 11.7. The Kier molecular flexibility index (Phi) is 3.29. The molecule has 0 saturated heterocycles. The standard InChI is InChI=1S/C18H15NO3/c1-10-3-8-15-14(9-10)16(18(21)22)11(2)17(19-15)12-4-6-13(20)7-5-12/h3-9,20H,1-2H3,(H,21,22). The molecule has 1 aromatic heterocycles. The number of benzene rings is 2. The Bertz CT molecular complexity index is 883. The third kappa shape index (κ3) is 2.29. The molecule has 0 bridgehead atoms. The van der Waals surface area contributed by atoms with Crippen molar-refractivity contribution in [2.45, 2.75) is 13.8 Å². The van der Waals surface area contributed by atoms with Gasteiger partial charge in [0, 0.05) is 10.9 Å². The van der Waals surface area contributed by atoms with E-state index in [9.17, 15) is 15.0 Å². The Morgan fingerprint density at radius 1 is 1.05 bits per heavy atom. The first kappa shape index (κ1) is 14.1. The smallest absolute Gasteiger partial charge is 0.336 e. The average Bonchev–Trinajstić information content (AvgIpc) is 2.47. The van der Waals surface area contributed by atoms with E-state index in [1.54, 1.807) is 31.2 Å². The minimum Gasteiger partial charge on any atom is -0.508 e. The van der Waals surface area contributed by atoms with Crippen LogP contribution >= 0.6 is 0 Å². The predicted molar refractivity (Wildman–Crippen MR) is 85.3 cm³/mol. The quantitative estimate of drug-likeness (QED) is 0.751. The molecule has 0 radical (unpaired) electrons. The lowest BCUT2D eigenvalue weighted by Crippen LogP contribution is -2.05. The fourth-order valence-electron chi connectivity index (χ4n) is 2.65. The van der Waals surface area contributed by atoms with Crippen LogP contribution in [-0.4, -0.2) is 21.2 Å². The Labute approximate surface area is 127 Å². The highest BCUT2D eigenvalue weighted by Crippen LogP contribution is 2.30. The van der Waals surface area contributed by atoms with Crippen LogP contribution < -0.4 is 0 Å². The number of rotatable bonds is 2. The number of nitrogens with zero attached hydrogens (tertiary/aromatic N) is 1. The molecular formula is C18H15NO3. The zero-order valence-electron chi connectivity index (χ0n) is 12.3. The number of hydrogen-bond acceptors (Lipinski definition) is 3. The summed E-state index contributed by atoms with van der Waals surface area (Å²) in [4.78, 5) is 16.3. The van der Waals surface area contributed by atoms with Crippen LogP contribution in [0.2, 0.25) is 0 Å². The lowest BCUT2D eigenvalue weighted by Gasteiger charge is -2.12. The third-order valence-corrected chi connectivity index (χ3v) is 3.74. The topological polar surface area (TPSA) is 70.4 Å². The number of phenolic OH excluding ortho intramolecular Hbond substituents is 1. The zero-order chi connectivity index (χ0) is 15.9. The van der Waals surface area contributed by atoms with Gasteiger partial charge in [0.15, 0.2) is 0 Å². The molecule has 0 aliphatic rings. The van der Waals surface area contributed by atoms with Crippen molar-refractivity contribution in [2.24, 2.45) is 0 Å². The van der Waals surface area contributed by atoms with E-state index in [1.165, 1.54) is 0 Å². The van der Waals surface area contributed by atoms with Crippen LogP contribution in [0.25, 0.3) is 22.2 Å². The molecule has 110 valence electrons. The molecule has 4 nitrogen and oxygen atoms in total. The fourth-order valence-corrected chi connectivity index (χ4v) is 2.65. The Balaban J connectivity index is 2.37. The molecule has 4 heteroatoms. The summed E-state index contributed by atoms with van der Waals surface area (Å²) in [5.41, 5.74) is 3.94. The molecule has 0 amide bonds. The van der Waals surface area contributed by atoms with E-state index >= 15 is 0 Å². The maximum Gasteiger partial charge on any atom is 0.336 e. The highest BCUT2D eigenvalue weighted by molar-refractivity contribution is 6.05. The number of aryl methyl sites for hydroxylation is 1. The molecule has 0 aliphatic heterocycles. The Morgan fingerprint density at radius 2 is 1.73 bits per heavy atom. The molecule has 0 atom stereocenters. The van der Waals surface area contributed by atoms with Crippen molar-refractivity contribution in [1.82, 2.24) is 4.98 Å². The van der Waals surface area contributed by atoms with Gasteiger partial charge < -0.3 is 10.2 Å². The van der Waals surface area contributed by atoms with Crippen molar-refractivity contribution < 1.29 is 15.0 Å². The number of carbonyl (C=O) groups is 1. The van der Waals surface area contributed by atoms with Crippen LogP contribution in [-0.2, 0) is 0 Å². The highest BCUT2D eigenvalue weighted by Gasteiger charge is 2.18. The number of carboxylic acid groups (broad SMARTS) is 1. The molecule has 3 rings (SSSR count). The molecule has 1 heterocycles. The molecule has 0 saturated carbocycles. The fraction of sp³-hybridized carbons (Fsp3) is 0.111. The molecule has 0 aliphatic carbocycles. The third-order valence-electron chi connectivity index (χ3n) is 3.74. The summed E-state index contributed by atoms with van der Waals surface area (Å²) in [6.07, 6.45) is 0. The van der Waals surface area contributed by atoms with Gasteiger partial charge in [0.2, 0.25) is 0 Å². The molecular weight excluding hydrogens is 278 g/mol. The van der Waals surface area contributed by atoms with Crippen molar-refractivity contribution >= 4 is 16.9 Å². The van der Waals surface area contributed by atoms with Gasteiger partial charge in [-0.1, -0.05) is 11.6 Å². The molecule has 22 heavy (non-hydrogen) atoms. The zero-order valence-corrected chi connectivity index (χ0v) is 12.3. The van der Waals surface area contributed by atoms with E-state index in [2.05, 4.69) is 4.98 Å². The largest absolute Gasteiger partial charge is 0.508 e. The number of aromatic nitrogens is 1. The van der Waals surface area contributed by atoms with E-state index in [0.29, 0.717) is 22.2 Å². The predicted octanol–water partition coefficient (Wildman–Crippen LogP) is 3.92. The first-order valence-corrected chi connectivity index (χ1v) is 6.91. The molecule has 0 spiro atoms. The number of pyridine rings is 1. The van der Waals surface area contributed by atoms with Crippen molar-refractivity contribution in [1.29, 1.82) is 0 Å². The molecule has 3 aromatic rings. The monoisotopic (exact) mass is 293 g/mol. The number of phenols is 1. The maximum atomic E-state index is 11.7. The number of aromatic carboxylic acids is 1. The van der Waals surface area contributed by atoms with Crippen molar-refractivity contribution in [3.05, 3.63) is 59.2 Å². The van der Waals surface area contributed by atoms with Crippen molar-refractivity contribution in [3.8, 4) is 17.0 Å². The summed E-state index contributed by atoms with van der Waals surface area (Å²) in [5, 5.41) is 19.7. The van der Waals surface area contributed by atoms with Gasteiger partial charge in [0.05, 0.1) is 16.8 Å². The average molecular weight is 293 g/mol. The second-order valence-electron chi connectivity index (χ2n) is 5.33. The number of fused-ring (bicyclic) bond motifs is 1. The van der Waals surface area contributed by atoms with Crippen LogP contribution in [0.3, 0.4) is 0 Å². The van der Waals surface area contributed by atoms with Gasteiger partial charge in [-0.15, -0.1) is 0 Å². The summed E-state index contributed by atoms with van der Waals surface area (Å²) in [5.74, 6) is -0.799. The number of hydrogen-bond donors (Lipinski definition) is 2. The van der Waals surface area contributed by atoms with Crippen LogP contribution in [0.4, 0.5) is 0 Å². The van der Waals surface area contributed by atoms with E-state index in [1.807, 2.05) is 25.1 Å². The van der Waals surface area contributed by atoms with Crippen LogP contribution in [0.5, 0.6) is 5.75 Å². The second kappa shape index (κ2) is 5.15. The minimum absolute atomic E-state index is 0.163. The first-order chi connectivity index (χ1) is 10.5. The van der Waals surface area contributed by atoms with Gasteiger partial charge in [-0.3, -0.25) is 0 Å². The summed E-state index contributed by atoms with van der Waals surface area (Å²) in [6, 6.07) is 12.2. The van der Waals surface area contributed by atoms with Crippen molar-refractivity contribution in [2.75, 3.05) is 0 Å². The van der Waals surface area contributed by atoms with E-state index in [4.69, 9.17) is 0 Å². The summed E-state index contributed by atoms with van der Waals surface area (Å²) in [7, 11) is 0. The summed E-state index contributed by atoms with van der Waals surface area (Å²) >= 11 is 0. The molecule has 2 N–H and O–H groups in total. The Hall–Kier alpha value is -2.88. The van der Waals surface area contributed by atoms with Gasteiger partial charge in [-0.05, 0) is 55.8 Å². The van der Waals surface area contributed by atoms with Gasteiger partial charge in [-0.2, -0.15) is 0 Å². The molecule has 2 aromatic carbocycles. The van der Waals surface area contributed by atoms with Crippen LogP contribution in [0.15, 0.2) is 42.5 Å². The minimum atomic E-state index is -0.962. The van der Waals surface area contributed by atoms with Crippen molar-refractivity contribution in [3.63, 3.8) is 0 Å². The number of aromatic hydroxyl groups is 1. The normalized spacial score (nSPS) is 10.8. The van der Waals surface area contributed by atoms with E-state index < -0.39 is 5.97 Å². The Morgan fingerprint density at radius 3 is 2.36 bits per heavy atom. The lowest BCUT2D eigenvalue weighted by molar-refractivity contribution is 0.0698. The highest BCUT2D eigenvalue weighted by atomic mass is 16.4. The van der Waals surface area contributed by atoms with Gasteiger partial charge in [0.1, 0.15) is 5.75 Å². The summed E-state index contributed by atoms with van der Waals surface area (Å²) in [6.45, 7) is 3.69. The van der Waals surface area contributed by atoms with Crippen LogP contribution in [0, 0.1) is 13.8 Å². The van der Waals surface area contributed by atoms with E-state index in [-0.39, 0.29) is 11.3 Å². The summed E-state index contributed by atoms with van der Waals surface area (Å²) < 4.78 is 0. The molecule has 0 unspecified atom stereocenters. The van der Waals surface area contributed by atoms with Gasteiger partial charge in [0.25, 0.3) is 0 Å². The second-order valence-corrected chi connectivity index (χ2v) is 5.33.